The van der Waals surface area contributed by atoms with E-state index < -0.39 is 5.97 Å². The maximum Gasteiger partial charge on any atom is 0.353 e. The van der Waals surface area contributed by atoms with Crippen LogP contribution in [0.4, 0.5) is 0 Å². The first-order valence-electron chi connectivity index (χ1n) is 3.82. The summed E-state index contributed by atoms with van der Waals surface area (Å²) in [5, 5.41) is 16.1. The van der Waals surface area contributed by atoms with Gasteiger partial charge >= 0.3 is 5.97 Å². The maximum absolute atomic E-state index is 10.5. The molecule has 0 bridgehead atoms. The van der Waals surface area contributed by atoms with Crippen LogP contribution in [0.5, 0.6) is 0 Å². The fourth-order valence-electron chi connectivity index (χ4n) is 1.02. The Balaban J connectivity index is 2.38. The van der Waals surface area contributed by atoms with Crippen molar-refractivity contribution >= 4 is 5.97 Å². The number of hydrogen-bond acceptors (Lipinski definition) is 4. The summed E-state index contributed by atoms with van der Waals surface area (Å²) in [6.07, 6.45) is 2.89. The second-order valence-electron chi connectivity index (χ2n) is 2.73. The topological polar surface area (TPSA) is 96.7 Å². The van der Waals surface area contributed by atoms with E-state index in [1.165, 1.54) is 10.9 Å². The standard InChI is InChI=1S/C7H7N5O2/c1-12-3-5(10-11-12)6-8-2-4(9-6)7(13)14/h2-3H,1H3,(H,8,9)(H,13,14). The van der Waals surface area contributed by atoms with Crippen LogP contribution in [0.2, 0.25) is 0 Å². The van der Waals surface area contributed by atoms with Gasteiger partial charge in [0.25, 0.3) is 0 Å². The minimum Gasteiger partial charge on any atom is -0.477 e. The second-order valence-corrected chi connectivity index (χ2v) is 2.73. The fourth-order valence-corrected chi connectivity index (χ4v) is 1.02. The summed E-state index contributed by atoms with van der Waals surface area (Å²) in [6.45, 7) is 0. The third kappa shape index (κ3) is 1.35. The Labute approximate surface area is 78.4 Å². The van der Waals surface area contributed by atoms with Crippen molar-refractivity contribution in [3.63, 3.8) is 0 Å². The average molecular weight is 193 g/mol. The number of carbonyl (C=O) groups is 1. The molecule has 2 heterocycles. The Morgan fingerprint density at radius 1 is 1.64 bits per heavy atom. The highest BCUT2D eigenvalue weighted by atomic mass is 16.4. The SMILES string of the molecule is Cn1cc(-c2ncc(C(=O)O)[nH]2)nn1. The Hall–Kier alpha value is -2.18. The molecule has 2 aromatic heterocycles. The van der Waals surface area contributed by atoms with Crippen LogP contribution in [0, 0.1) is 0 Å². The van der Waals surface area contributed by atoms with Gasteiger partial charge in [-0.1, -0.05) is 5.21 Å². The predicted octanol–water partition coefficient (Wildman–Crippen LogP) is -0.0966. The van der Waals surface area contributed by atoms with Gasteiger partial charge in [0.05, 0.1) is 12.4 Å². The zero-order valence-electron chi connectivity index (χ0n) is 7.30. The van der Waals surface area contributed by atoms with Crippen molar-refractivity contribution < 1.29 is 9.90 Å². The van der Waals surface area contributed by atoms with Crippen molar-refractivity contribution in [3.05, 3.63) is 18.1 Å². The van der Waals surface area contributed by atoms with Gasteiger partial charge in [0.2, 0.25) is 0 Å². The molecule has 7 nitrogen and oxygen atoms in total. The van der Waals surface area contributed by atoms with E-state index in [4.69, 9.17) is 5.11 Å². The molecule has 0 unspecified atom stereocenters. The third-order valence-corrected chi connectivity index (χ3v) is 1.65. The van der Waals surface area contributed by atoms with Crippen molar-refractivity contribution in [3.8, 4) is 11.5 Å². The molecule has 0 amide bonds. The van der Waals surface area contributed by atoms with Crippen LogP contribution in [-0.4, -0.2) is 36.0 Å². The summed E-state index contributed by atoms with van der Waals surface area (Å²) < 4.78 is 1.51. The minimum atomic E-state index is -1.05. The summed E-state index contributed by atoms with van der Waals surface area (Å²) in [7, 11) is 1.72. The molecule has 2 N–H and O–H groups in total. The highest BCUT2D eigenvalue weighted by Gasteiger charge is 2.10. The van der Waals surface area contributed by atoms with Crippen LogP contribution in [-0.2, 0) is 7.05 Å². The zero-order chi connectivity index (χ0) is 10.1. The molecule has 14 heavy (non-hydrogen) atoms. The molecule has 0 saturated heterocycles. The molecule has 0 fully saturated rings. The molecule has 0 saturated carbocycles. The highest BCUT2D eigenvalue weighted by Crippen LogP contribution is 2.10. The Morgan fingerprint density at radius 2 is 2.43 bits per heavy atom. The molecule has 0 aromatic carbocycles. The molecular weight excluding hydrogens is 186 g/mol. The van der Waals surface area contributed by atoms with E-state index in [1.54, 1.807) is 13.2 Å². The number of aromatic nitrogens is 5. The van der Waals surface area contributed by atoms with E-state index in [0.717, 1.165) is 0 Å². The molecule has 7 heteroatoms. The number of hydrogen-bond donors (Lipinski definition) is 2. The first-order valence-corrected chi connectivity index (χ1v) is 3.82. The van der Waals surface area contributed by atoms with Crippen LogP contribution in [0.25, 0.3) is 11.5 Å². The van der Waals surface area contributed by atoms with Gasteiger partial charge in [-0.15, -0.1) is 5.10 Å². The number of H-pyrrole nitrogens is 1. The van der Waals surface area contributed by atoms with Crippen molar-refractivity contribution in [2.24, 2.45) is 7.05 Å². The summed E-state index contributed by atoms with van der Waals surface area (Å²) in [6, 6.07) is 0. The normalized spacial score (nSPS) is 10.4. The van der Waals surface area contributed by atoms with E-state index >= 15 is 0 Å². The number of imidazole rings is 1. The van der Waals surface area contributed by atoms with Crippen LogP contribution < -0.4 is 0 Å². The van der Waals surface area contributed by atoms with Gasteiger partial charge in [0.1, 0.15) is 11.4 Å². The molecular formula is C7H7N5O2. The van der Waals surface area contributed by atoms with Gasteiger partial charge in [-0.25, -0.2) is 9.78 Å². The van der Waals surface area contributed by atoms with Gasteiger partial charge in [-0.05, 0) is 0 Å². The number of rotatable bonds is 2. The third-order valence-electron chi connectivity index (χ3n) is 1.65. The minimum absolute atomic E-state index is 0.0330. The largest absolute Gasteiger partial charge is 0.477 e. The number of carboxylic acids is 1. The van der Waals surface area contributed by atoms with Crippen LogP contribution in [0.1, 0.15) is 10.5 Å². The van der Waals surface area contributed by atoms with Gasteiger partial charge in [0.15, 0.2) is 5.82 Å². The van der Waals surface area contributed by atoms with E-state index in [1.807, 2.05) is 0 Å². The molecule has 0 aliphatic carbocycles. The monoisotopic (exact) mass is 193 g/mol. The number of nitrogens with one attached hydrogen (secondary N) is 1. The lowest BCUT2D eigenvalue weighted by Gasteiger charge is -1.86. The van der Waals surface area contributed by atoms with Crippen molar-refractivity contribution in [1.82, 2.24) is 25.0 Å². The average Bonchev–Trinajstić information content (AvgIpc) is 2.70. The Morgan fingerprint density at radius 3 is 2.93 bits per heavy atom. The molecule has 0 aliphatic heterocycles. The van der Waals surface area contributed by atoms with E-state index in [2.05, 4.69) is 20.3 Å². The molecule has 72 valence electrons. The molecule has 0 spiro atoms. The smallest absolute Gasteiger partial charge is 0.353 e. The first kappa shape index (κ1) is 8.42. The zero-order valence-corrected chi connectivity index (χ0v) is 7.30. The summed E-state index contributed by atoms with van der Waals surface area (Å²) in [4.78, 5) is 17.0. The van der Waals surface area contributed by atoms with Crippen LogP contribution in [0.3, 0.4) is 0 Å². The second kappa shape index (κ2) is 2.95. The highest BCUT2D eigenvalue weighted by molar-refractivity contribution is 5.85. The lowest BCUT2D eigenvalue weighted by Crippen LogP contribution is -1.95. The summed E-state index contributed by atoms with van der Waals surface area (Å²) >= 11 is 0. The van der Waals surface area contributed by atoms with E-state index in [0.29, 0.717) is 11.5 Å². The fraction of sp³-hybridized carbons (Fsp3) is 0.143. The van der Waals surface area contributed by atoms with Crippen LogP contribution >= 0.6 is 0 Å². The number of aryl methyl sites for hydroxylation is 1. The lowest BCUT2D eigenvalue weighted by molar-refractivity contribution is 0.0691. The molecule has 2 aromatic rings. The molecule has 2 rings (SSSR count). The Bertz CT molecular complexity index is 472. The number of nitrogens with zero attached hydrogens (tertiary/aromatic N) is 4. The van der Waals surface area contributed by atoms with E-state index in [-0.39, 0.29) is 5.69 Å². The summed E-state index contributed by atoms with van der Waals surface area (Å²) in [5.74, 6) is -0.650. The van der Waals surface area contributed by atoms with Crippen LogP contribution in [0.15, 0.2) is 12.4 Å². The number of carboxylic acid groups (broad SMARTS) is 1. The number of aromatic carboxylic acids is 1. The first-order chi connectivity index (χ1) is 6.66. The van der Waals surface area contributed by atoms with Gasteiger partial charge in [-0.3, -0.25) is 4.68 Å². The van der Waals surface area contributed by atoms with Gasteiger partial charge in [0, 0.05) is 7.05 Å². The van der Waals surface area contributed by atoms with Crippen molar-refractivity contribution in [2.45, 2.75) is 0 Å². The number of aromatic amines is 1. The lowest BCUT2D eigenvalue weighted by atomic mass is 10.4. The summed E-state index contributed by atoms with van der Waals surface area (Å²) in [5.41, 5.74) is 0.547. The van der Waals surface area contributed by atoms with Gasteiger partial charge < -0.3 is 10.1 Å². The molecule has 0 aliphatic rings. The quantitative estimate of drug-likeness (QED) is 0.694. The predicted molar refractivity (Wildman–Crippen MR) is 45.5 cm³/mol. The van der Waals surface area contributed by atoms with E-state index in [9.17, 15) is 4.79 Å². The van der Waals surface area contributed by atoms with Crippen molar-refractivity contribution in [1.29, 1.82) is 0 Å². The molecule has 0 radical (unpaired) electrons. The van der Waals surface area contributed by atoms with Crippen molar-refractivity contribution in [2.75, 3.05) is 0 Å². The molecule has 0 atom stereocenters. The Kier molecular flexibility index (Phi) is 1.77. The maximum atomic E-state index is 10.5. The van der Waals surface area contributed by atoms with Gasteiger partial charge in [-0.2, -0.15) is 0 Å².